The minimum Gasteiger partial charge on any atom is -0.545 e. The summed E-state index contributed by atoms with van der Waals surface area (Å²) in [5.41, 5.74) is -1.84. The Morgan fingerprint density at radius 1 is 1.12 bits per heavy atom. The highest BCUT2D eigenvalue weighted by molar-refractivity contribution is 5.96. The number of nitro benzene ring substituents is 1. The van der Waals surface area contributed by atoms with E-state index >= 15 is 0 Å². The Balaban J connectivity index is 3.57. The predicted molar refractivity (Wildman–Crippen MR) is 46.5 cm³/mol. The highest BCUT2D eigenvalue weighted by Gasteiger charge is 2.14. The Morgan fingerprint density at radius 3 is 1.75 bits per heavy atom. The van der Waals surface area contributed by atoms with Gasteiger partial charge in [0.2, 0.25) is 0 Å². The number of carboxylic acids is 2. The lowest BCUT2D eigenvalue weighted by Gasteiger charge is -2.12. The van der Waals surface area contributed by atoms with Crippen molar-refractivity contribution in [3.8, 4) is 0 Å². The van der Waals surface area contributed by atoms with Crippen molar-refractivity contribution in [2.45, 2.75) is 6.92 Å². The van der Waals surface area contributed by atoms with E-state index in [1.54, 1.807) is 0 Å². The van der Waals surface area contributed by atoms with Gasteiger partial charge in [-0.1, -0.05) is 0 Å². The molecular weight excluding hydrogens is 218 g/mol. The van der Waals surface area contributed by atoms with Gasteiger partial charge in [-0.05, 0) is 12.5 Å². The summed E-state index contributed by atoms with van der Waals surface area (Å²) in [4.78, 5) is 30.8. The molecule has 0 fully saturated rings. The average molecular weight is 223 g/mol. The smallest absolute Gasteiger partial charge is 0.270 e. The summed E-state index contributed by atoms with van der Waals surface area (Å²) in [6.07, 6.45) is 0. The SMILES string of the molecule is Cc1c(C(=O)[O-])cc([N+](=O)[O-])cc1C(=O)[O-]. The summed E-state index contributed by atoms with van der Waals surface area (Å²) < 4.78 is 0. The quantitative estimate of drug-likeness (QED) is 0.460. The van der Waals surface area contributed by atoms with Crippen LogP contribution in [0.4, 0.5) is 5.69 Å². The highest BCUT2D eigenvalue weighted by Crippen LogP contribution is 2.21. The highest BCUT2D eigenvalue weighted by atomic mass is 16.6. The van der Waals surface area contributed by atoms with Crippen LogP contribution >= 0.6 is 0 Å². The Labute approximate surface area is 89.1 Å². The number of carbonyl (C=O) groups excluding carboxylic acids is 2. The predicted octanol–water partition coefficient (Wildman–Crippen LogP) is -1.37. The van der Waals surface area contributed by atoms with Gasteiger partial charge in [0.25, 0.3) is 5.69 Å². The molecule has 0 atom stereocenters. The van der Waals surface area contributed by atoms with Crippen LogP contribution in [0.1, 0.15) is 26.3 Å². The van der Waals surface area contributed by atoms with E-state index in [-0.39, 0.29) is 5.56 Å². The summed E-state index contributed by atoms with van der Waals surface area (Å²) in [7, 11) is 0. The summed E-state index contributed by atoms with van der Waals surface area (Å²) in [6, 6.07) is 1.49. The number of nitrogens with zero attached hydrogens (tertiary/aromatic N) is 1. The Morgan fingerprint density at radius 2 is 1.50 bits per heavy atom. The fourth-order valence-electron chi connectivity index (χ4n) is 1.23. The van der Waals surface area contributed by atoms with Gasteiger partial charge in [0, 0.05) is 23.3 Å². The summed E-state index contributed by atoms with van der Waals surface area (Å²) in [6.45, 7) is 1.21. The molecule has 0 radical (unpaired) electrons. The fourth-order valence-corrected chi connectivity index (χ4v) is 1.23. The van der Waals surface area contributed by atoms with E-state index in [1.807, 2.05) is 0 Å². The van der Waals surface area contributed by atoms with Crippen LogP contribution < -0.4 is 10.2 Å². The van der Waals surface area contributed by atoms with E-state index in [4.69, 9.17) is 0 Å². The Kier molecular flexibility index (Phi) is 2.89. The summed E-state index contributed by atoms with van der Waals surface area (Å²) >= 11 is 0. The van der Waals surface area contributed by atoms with Gasteiger partial charge in [0.05, 0.1) is 16.9 Å². The second kappa shape index (κ2) is 3.97. The van der Waals surface area contributed by atoms with Crippen molar-refractivity contribution in [3.05, 3.63) is 38.9 Å². The third-order valence-electron chi connectivity index (χ3n) is 2.04. The van der Waals surface area contributed by atoms with E-state index in [2.05, 4.69) is 0 Å². The zero-order valence-corrected chi connectivity index (χ0v) is 8.05. The van der Waals surface area contributed by atoms with E-state index in [0.29, 0.717) is 0 Å². The van der Waals surface area contributed by atoms with E-state index in [0.717, 1.165) is 12.1 Å². The Hall–Kier alpha value is -2.44. The first-order valence-corrected chi connectivity index (χ1v) is 4.06. The molecule has 1 rings (SSSR count). The molecular formula is C9H5NO6-2. The number of non-ortho nitro benzene ring substituents is 1. The average Bonchev–Trinajstić information content (AvgIpc) is 2.16. The fraction of sp³-hybridized carbons (Fsp3) is 0.111. The lowest BCUT2D eigenvalue weighted by atomic mass is 10.0. The molecule has 16 heavy (non-hydrogen) atoms. The number of carbonyl (C=O) groups is 2. The summed E-state index contributed by atoms with van der Waals surface area (Å²) in [5.74, 6) is -3.35. The van der Waals surface area contributed by atoms with Crippen molar-refractivity contribution in [1.29, 1.82) is 0 Å². The zero-order chi connectivity index (χ0) is 12.5. The molecule has 0 saturated heterocycles. The number of hydrogen-bond acceptors (Lipinski definition) is 6. The number of benzene rings is 1. The van der Waals surface area contributed by atoms with Crippen LogP contribution in [0.25, 0.3) is 0 Å². The standard InChI is InChI=1S/C9H7NO6/c1-4-6(8(11)12)2-5(10(15)16)3-7(4)9(13)14/h2-3H,1H3,(H,11,12)(H,13,14)/p-2. The third kappa shape index (κ3) is 1.97. The topological polar surface area (TPSA) is 123 Å². The molecule has 0 saturated carbocycles. The van der Waals surface area contributed by atoms with Crippen molar-refractivity contribution >= 4 is 17.6 Å². The van der Waals surface area contributed by atoms with Crippen LogP contribution in [0.5, 0.6) is 0 Å². The first-order valence-electron chi connectivity index (χ1n) is 4.06. The normalized spacial score (nSPS) is 9.81. The van der Waals surface area contributed by atoms with Crippen LogP contribution in [0, 0.1) is 17.0 Å². The number of nitro groups is 1. The van der Waals surface area contributed by atoms with Gasteiger partial charge in [0.1, 0.15) is 0 Å². The molecule has 0 heterocycles. The molecule has 7 nitrogen and oxygen atoms in total. The van der Waals surface area contributed by atoms with Crippen molar-refractivity contribution in [2.75, 3.05) is 0 Å². The van der Waals surface area contributed by atoms with E-state index in [1.165, 1.54) is 6.92 Å². The first kappa shape index (κ1) is 11.6. The first-order chi connectivity index (χ1) is 7.34. The van der Waals surface area contributed by atoms with Crippen LogP contribution in [0.3, 0.4) is 0 Å². The molecule has 0 bridgehead atoms. The van der Waals surface area contributed by atoms with Crippen LogP contribution in [0.15, 0.2) is 12.1 Å². The van der Waals surface area contributed by atoms with Gasteiger partial charge in [-0.2, -0.15) is 0 Å². The molecule has 0 aliphatic carbocycles. The van der Waals surface area contributed by atoms with Gasteiger partial charge in [-0.15, -0.1) is 0 Å². The molecule has 0 N–H and O–H groups in total. The van der Waals surface area contributed by atoms with Gasteiger partial charge in [-0.3, -0.25) is 10.1 Å². The number of carboxylic acid groups (broad SMARTS) is 2. The zero-order valence-electron chi connectivity index (χ0n) is 8.05. The molecule has 84 valence electrons. The maximum atomic E-state index is 10.6. The molecule has 0 amide bonds. The van der Waals surface area contributed by atoms with E-state index in [9.17, 15) is 29.9 Å². The van der Waals surface area contributed by atoms with Gasteiger partial charge in [-0.25, -0.2) is 0 Å². The Bertz CT molecular complexity index is 458. The van der Waals surface area contributed by atoms with Gasteiger partial charge < -0.3 is 19.8 Å². The maximum absolute atomic E-state index is 10.6. The molecule has 1 aromatic carbocycles. The van der Waals surface area contributed by atoms with Crippen molar-refractivity contribution in [3.63, 3.8) is 0 Å². The molecule has 0 aliphatic rings. The molecule has 1 aromatic rings. The van der Waals surface area contributed by atoms with Crippen molar-refractivity contribution in [2.24, 2.45) is 0 Å². The minimum atomic E-state index is -1.68. The van der Waals surface area contributed by atoms with Crippen LogP contribution in [0.2, 0.25) is 0 Å². The third-order valence-corrected chi connectivity index (χ3v) is 2.04. The van der Waals surface area contributed by atoms with Crippen LogP contribution in [-0.4, -0.2) is 16.9 Å². The van der Waals surface area contributed by atoms with E-state index < -0.39 is 33.7 Å². The second-order valence-electron chi connectivity index (χ2n) is 3.00. The number of rotatable bonds is 3. The van der Waals surface area contributed by atoms with Gasteiger partial charge >= 0.3 is 0 Å². The van der Waals surface area contributed by atoms with Crippen molar-refractivity contribution < 1.29 is 24.7 Å². The largest absolute Gasteiger partial charge is 0.545 e. The molecule has 0 unspecified atom stereocenters. The molecule has 0 aliphatic heterocycles. The lowest BCUT2D eigenvalue weighted by molar-refractivity contribution is -0.385. The summed E-state index contributed by atoms with van der Waals surface area (Å²) in [5, 5.41) is 31.7. The number of hydrogen-bond donors (Lipinski definition) is 0. The maximum Gasteiger partial charge on any atom is 0.270 e. The molecule has 0 spiro atoms. The monoisotopic (exact) mass is 223 g/mol. The van der Waals surface area contributed by atoms with Gasteiger partial charge in [0.15, 0.2) is 0 Å². The minimum absolute atomic E-state index is 0.134. The lowest BCUT2D eigenvalue weighted by Crippen LogP contribution is -2.27. The number of aromatic carboxylic acids is 2. The molecule has 0 aromatic heterocycles. The second-order valence-corrected chi connectivity index (χ2v) is 3.00. The molecule has 7 heteroatoms. The van der Waals surface area contributed by atoms with Crippen molar-refractivity contribution in [1.82, 2.24) is 0 Å². The van der Waals surface area contributed by atoms with Crippen LogP contribution in [-0.2, 0) is 0 Å².